The van der Waals surface area contributed by atoms with Crippen molar-refractivity contribution in [3.63, 3.8) is 0 Å². The van der Waals surface area contributed by atoms with E-state index in [4.69, 9.17) is 30.5 Å². The van der Waals surface area contributed by atoms with Gasteiger partial charge in [-0.25, -0.2) is 13.2 Å². The van der Waals surface area contributed by atoms with Gasteiger partial charge >= 0.3 is 12.1 Å². The maximum Gasteiger partial charge on any atom is 0.490 e. The molecule has 0 aliphatic rings. The lowest BCUT2D eigenvalue weighted by Crippen LogP contribution is -2.21. The Labute approximate surface area is 248 Å². The largest absolute Gasteiger partial charge is 0.490 e. The zero-order valence-corrected chi connectivity index (χ0v) is 24.6. The van der Waals surface area contributed by atoms with E-state index in [2.05, 4.69) is 0 Å². The number of para-hydroxylation sites is 1. The Balaban J connectivity index is 0.000000616. The lowest BCUT2D eigenvalue weighted by Gasteiger charge is -2.16. The van der Waals surface area contributed by atoms with E-state index in [1.807, 2.05) is 54.6 Å². The number of aliphatic carboxylic acids is 1. The van der Waals surface area contributed by atoms with E-state index in [0.717, 1.165) is 16.7 Å². The van der Waals surface area contributed by atoms with Crippen LogP contribution in [0.15, 0.2) is 92.9 Å². The molecule has 4 aromatic rings. The molecule has 0 bridgehead atoms. The maximum atomic E-state index is 13.6. The highest BCUT2D eigenvalue weighted by Gasteiger charge is 2.38. The zero-order chi connectivity index (χ0) is 31.1. The first-order valence-electron chi connectivity index (χ1n) is 11.8. The van der Waals surface area contributed by atoms with Gasteiger partial charge in [0.2, 0.25) is 9.84 Å². The number of carbonyl (C=O) groups is 1. The number of sulfone groups is 1. The Hall–Kier alpha value is -3.85. The summed E-state index contributed by atoms with van der Waals surface area (Å²) < 4.78 is 70.7. The molecule has 8 nitrogen and oxygen atoms in total. The van der Waals surface area contributed by atoms with Gasteiger partial charge in [0.1, 0.15) is 11.6 Å². The van der Waals surface area contributed by atoms with Gasteiger partial charge in [0.15, 0.2) is 6.79 Å². The summed E-state index contributed by atoms with van der Waals surface area (Å²) in [5.41, 5.74) is 8.92. The van der Waals surface area contributed by atoms with Crippen molar-refractivity contribution in [1.29, 1.82) is 5.41 Å². The van der Waals surface area contributed by atoms with E-state index in [0.29, 0.717) is 20.4 Å². The molecule has 1 aromatic heterocycles. The molecule has 0 spiro atoms. The van der Waals surface area contributed by atoms with Crippen molar-refractivity contribution in [2.45, 2.75) is 20.2 Å². The number of amidine groups is 1. The second kappa shape index (κ2) is 13.9. The van der Waals surface area contributed by atoms with Crippen LogP contribution in [0.25, 0.3) is 22.3 Å². The molecule has 0 aliphatic heterocycles. The summed E-state index contributed by atoms with van der Waals surface area (Å²) in [5.74, 6) is -2.31. The quantitative estimate of drug-likeness (QED) is 0.0813. The van der Waals surface area contributed by atoms with Gasteiger partial charge in [-0.3, -0.25) is 5.41 Å². The predicted octanol–water partition coefficient (Wildman–Crippen LogP) is 6.54. The minimum Gasteiger partial charge on any atom is -0.475 e. The first-order valence-corrected chi connectivity index (χ1v) is 15.3. The summed E-state index contributed by atoms with van der Waals surface area (Å²) in [5, 5.41) is 14.8. The van der Waals surface area contributed by atoms with Gasteiger partial charge in [-0.1, -0.05) is 60.7 Å². The van der Waals surface area contributed by atoms with Gasteiger partial charge in [-0.2, -0.15) is 13.2 Å². The number of methoxy groups -OCH3 is 1. The molecule has 3 aromatic carbocycles. The van der Waals surface area contributed by atoms with Crippen LogP contribution in [-0.2, 0) is 19.4 Å². The highest BCUT2D eigenvalue weighted by Crippen LogP contribution is 2.41. The molecule has 222 valence electrons. The molecular weight excluding hydrogens is 614 g/mol. The number of carboxylic acid groups (broad SMARTS) is 1. The molecule has 1 heterocycles. The summed E-state index contributed by atoms with van der Waals surface area (Å²) in [7, 11) is -2.29. The molecule has 14 heteroatoms. The summed E-state index contributed by atoms with van der Waals surface area (Å²) >= 11 is 2.52. The molecule has 0 radical (unpaired) electrons. The van der Waals surface area contributed by atoms with E-state index in [1.165, 1.54) is 29.2 Å². The molecule has 0 fully saturated rings. The van der Waals surface area contributed by atoms with Gasteiger partial charge in [-0.05, 0) is 35.6 Å². The number of thiophene rings is 1. The SMILES string of the molecule is COCOc1c(-c2ccccc2)cccc1-c1cccc(S(=O)(=O)c2cc(C(=N)N)sc2SC)c1.O=C(O)C(F)(F)F. The van der Waals surface area contributed by atoms with Gasteiger partial charge in [0, 0.05) is 18.2 Å². The molecule has 0 saturated carbocycles. The number of carboxylic acids is 1. The lowest BCUT2D eigenvalue weighted by molar-refractivity contribution is -0.192. The number of benzene rings is 3. The lowest BCUT2D eigenvalue weighted by atomic mass is 9.97. The first kappa shape index (κ1) is 32.7. The highest BCUT2D eigenvalue weighted by atomic mass is 32.2. The molecule has 0 saturated heterocycles. The summed E-state index contributed by atoms with van der Waals surface area (Å²) in [6.07, 6.45) is -3.28. The zero-order valence-electron chi connectivity index (χ0n) is 22.1. The third kappa shape index (κ3) is 7.70. The molecule has 4 rings (SSSR count). The van der Waals surface area contributed by atoms with Crippen LogP contribution >= 0.6 is 23.1 Å². The minimum atomic E-state index is -5.08. The summed E-state index contributed by atoms with van der Waals surface area (Å²) in [4.78, 5) is 9.63. The highest BCUT2D eigenvalue weighted by molar-refractivity contribution is 8.01. The van der Waals surface area contributed by atoms with Crippen LogP contribution in [0.5, 0.6) is 5.75 Å². The van der Waals surface area contributed by atoms with Crippen LogP contribution in [0.2, 0.25) is 0 Å². The molecule has 0 atom stereocenters. The maximum absolute atomic E-state index is 13.6. The van der Waals surface area contributed by atoms with E-state index < -0.39 is 22.0 Å². The van der Waals surface area contributed by atoms with Crippen molar-refractivity contribution >= 4 is 44.7 Å². The molecule has 4 N–H and O–H groups in total. The number of thioether (sulfide) groups is 1. The number of hydrogen-bond donors (Lipinski definition) is 3. The Morgan fingerprint density at radius 1 is 1.00 bits per heavy atom. The van der Waals surface area contributed by atoms with Crippen molar-refractivity contribution in [2.75, 3.05) is 20.2 Å². The van der Waals surface area contributed by atoms with Gasteiger partial charge in [-0.15, -0.1) is 23.1 Å². The van der Waals surface area contributed by atoms with Crippen LogP contribution in [-0.4, -0.2) is 51.7 Å². The predicted molar refractivity (Wildman–Crippen MR) is 156 cm³/mol. The van der Waals surface area contributed by atoms with Crippen LogP contribution in [0.4, 0.5) is 13.2 Å². The number of nitrogen functional groups attached to an aromatic ring is 1. The van der Waals surface area contributed by atoms with Crippen molar-refractivity contribution in [3.8, 4) is 28.0 Å². The fourth-order valence-corrected chi connectivity index (χ4v) is 7.56. The molecule has 0 aliphatic carbocycles. The van der Waals surface area contributed by atoms with Gasteiger partial charge < -0.3 is 20.3 Å². The number of nitrogens with two attached hydrogens (primary N) is 1. The average Bonchev–Trinajstić information content (AvgIpc) is 3.42. The van der Waals surface area contributed by atoms with Crippen LogP contribution < -0.4 is 10.5 Å². The summed E-state index contributed by atoms with van der Waals surface area (Å²) in [6, 6.07) is 23.9. The fraction of sp³-hybridized carbons (Fsp3) is 0.143. The topological polar surface area (TPSA) is 140 Å². The number of nitrogens with one attached hydrogen (secondary N) is 1. The van der Waals surface area contributed by atoms with E-state index in [9.17, 15) is 21.6 Å². The third-order valence-electron chi connectivity index (χ3n) is 5.53. The van der Waals surface area contributed by atoms with Gasteiger partial charge in [0.05, 0.1) is 18.9 Å². The first-order chi connectivity index (χ1) is 19.8. The number of halogens is 3. The Bertz CT molecular complexity index is 1670. The van der Waals surface area contributed by atoms with E-state index in [-0.39, 0.29) is 22.4 Å². The Morgan fingerprint density at radius 3 is 2.12 bits per heavy atom. The number of rotatable bonds is 9. The number of alkyl halides is 3. The molecule has 42 heavy (non-hydrogen) atoms. The van der Waals surface area contributed by atoms with Crippen LogP contribution in [0, 0.1) is 5.41 Å². The third-order valence-corrected chi connectivity index (χ3v) is 9.86. The fourth-order valence-electron chi connectivity index (χ4n) is 3.66. The molecular formula is C28H25F3N2O6S3. The normalized spacial score (nSPS) is 11.4. The van der Waals surface area contributed by atoms with Crippen molar-refractivity contribution in [1.82, 2.24) is 0 Å². The van der Waals surface area contributed by atoms with Crippen molar-refractivity contribution < 1.29 is 41.0 Å². The second-order valence-corrected chi connectivity index (χ2v) is 12.4. The van der Waals surface area contributed by atoms with Crippen molar-refractivity contribution in [2.24, 2.45) is 5.73 Å². The number of hydrogen-bond acceptors (Lipinski definition) is 8. The van der Waals surface area contributed by atoms with Gasteiger partial charge in [0.25, 0.3) is 0 Å². The monoisotopic (exact) mass is 638 g/mol. The van der Waals surface area contributed by atoms with Crippen LogP contribution in [0.3, 0.4) is 0 Å². The molecule has 0 unspecified atom stereocenters. The Morgan fingerprint density at radius 2 is 1.57 bits per heavy atom. The average molecular weight is 639 g/mol. The van der Waals surface area contributed by atoms with Crippen LogP contribution in [0.1, 0.15) is 4.88 Å². The standard InChI is InChI=1S/C26H24N2O4S3.C2HF3O2/c1-31-16-32-24-20(17-8-4-3-5-9-17)12-7-13-21(24)18-10-6-11-19(14-18)35(29,30)23-15-22(25(27)28)34-26(23)33-2;3-2(4,5)1(6)7/h3-15H,16H2,1-2H3,(H3,27,28);(H,6,7). The van der Waals surface area contributed by atoms with E-state index >= 15 is 0 Å². The summed E-state index contributed by atoms with van der Waals surface area (Å²) in [6.45, 7) is 0.0502. The smallest absolute Gasteiger partial charge is 0.475 e. The van der Waals surface area contributed by atoms with E-state index in [1.54, 1.807) is 31.6 Å². The minimum absolute atomic E-state index is 0.0502. The molecule has 0 amide bonds. The number of ether oxygens (including phenoxy) is 2. The second-order valence-electron chi connectivity index (χ2n) is 8.31. The van der Waals surface area contributed by atoms with Crippen molar-refractivity contribution in [3.05, 3.63) is 83.7 Å². The Kier molecular flexibility index (Phi) is 10.8.